The number of aryl methyl sites for hydroxylation is 4. The van der Waals surface area contributed by atoms with Gasteiger partial charge in [0.15, 0.2) is 17.8 Å². The van der Waals surface area contributed by atoms with Crippen molar-refractivity contribution in [2.75, 3.05) is 14.2 Å². The third-order valence-electron chi connectivity index (χ3n) is 20.7. The number of nitrogens with zero attached hydrogens (tertiary/aromatic N) is 5. The summed E-state index contributed by atoms with van der Waals surface area (Å²) < 4.78 is 26.2. The first-order valence-electron chi connectivity index (χ1n) is 33.6. The zero-order chi connectivity index (χ0) is 65.4. The molecule has 4 aromatic carbocycles. The highest BCUT2D eigenvalue weighted by molar-refractivity contribution is 5.89. The summed E-state index contributed by atoms with van der Waals surface area (Å²) in [5, 5.41) is 5.68. The van der Waals surface area contributed by atoms with Gasteiger partial charge in [-0.25, -0.2) is 19.6 Å². The maximum Gasteiger partial charge on any atom is 0.407 e. The van der Waals surface area contributed by atoms with Crippen LogP contribution in [-0.4, -0.2) is 111 Å². The summed E-state index contributed by atoms with van der Waals surface area (Å²) in [5.41, 5.74) is 24.8. The molecular weight excluding hydrogens is 1160 g/mol. The minimum Gasteiger partial charge on any atom is -0.453 e. The molecule has 4 amide bonds. The maximum absolute atomic E-state index is 15.0. The summed E-state index contributed by atoms with van der Waals surface area (Å²) in [7, 11) is 2.60. The van der Waals surface area contributed by atoms with Crippen molar-refractivity contribution in [2.24, 2.45) is 47.0 Å². The number of rotatable bonds is 18. The van der Waals surface area contributed by atoms with Gasteiger partial charge in [0.25, 0.3) is 5.82 Å². The van der Waals surface area contributed by atoms with Crippen LogP contribution < -0.4 is 26.7 Å². The van der Waals surface area contributed by atoms with E-state index in [1.165, 1.54) is 30.9 Å². The topological polar surface area (TPSA) is 259 Å². The summed E-state index contributed by atoms with van der Waals surface area (Å²) in [6.45, 7) is 15.0. The van der Waals surface area contributed by atoms with E-state index in [2.05, 4.69) is 82.3 Å². The number of ether oxygens (including phenoxy) is 4. The number of carbonyl (C=O) groups excluding carboxylic acids is 6. The molecule has 0 radical (unpaired) electrons. The highest BCUT2D eigenvalue weighted by Gasteiger charge is 2.52. The van der Waals surface area contributed by atoms with Crippen LogP contribution in [0.25, 0.3) is 44.3 Å². The quantitative estimate of drug-likeness (QED) is 0.0305. The lowest BCUT2D eigenvalue weighted by Gasteiger charge is -2.37. The number of benzene rings is 4. The molecule has 4 bridgehead atoms. The highest BCUT2D eigenvalue weighted by Crippen LogP contribution is 2.49. The Morgan fingerprint density at radius 2 is 1.10 bits per heavy atom. The van der Waals surface area contributed by atoms with Gasteiger partial charge in [-0.15, -0.1) is 0 Å². The van der Waals surface area contributed by atoms with E-state index in [4.69, 9.17) is 35.4 Å². The minimum absolute atomic E-state index is 0.0287. The van der Waals surface area contributed by atoms with Crippen molar-refractivity contribution in [3.8, 4) is 22.3 Å². The third kappa shape index (κ3) is 13.2. The molecule has 492 valence electrons. The Labute approximate surface area is 540 Å². The lowest BCUT2D eigenvalue weighted by molar-refractivity contribution is -0.712. The summed E-state index contributed by atoms with van der Waals surface area (Å²) in [4.78, 5) is 95.7. The van der Waals surface area contributed by atoms with E-state index in [1.54, 1.807) is 0 Å². The molecule has 0 spiro atoms. The predicted molar refractivity (Wildman–Crippen MR) is 350 cm³/mol. The molecule has 92 heavy (non-hydrogen) atoms. The molecule has 2 saturated carbocycles. The zero-order valence-electron chi connectivity index (χ0n) is 55.3. The summed E-state index contributed by atoms with van der Waals surface area (Å²) in [6, 6.07) is 22.0. The second kappa shape index (κ2) is 27.8. The number of nitrogens with one attached hydrogen (secondary N) is 3. The van der Waals surface area contributed by atoms with Crippen LogP contribution in [0.3, 0.4) is 0 Å². The molecule has 8 aliphatic rings. The van der Waals surface area contributed by atoms with Crippen LogP contribution in [0.15, 0.2) is 72.8 Å². The van der Waals surface area contributed by atoms with Crippen molar-refractivity contribution >= 4 is 58.0 Å². The van der Waals surface area contributed by atoms with E-state index in [9.17, 15) is 19.2 Å². The van der Waals surface area contributed by atoms with E-state index >= 15 is 9.59 Å². The number of fused-ring (bicyclic) bond motifs is 4. The SMILES string of the molecule is COC(=O)NC(C(=O)N1C(c2nc3ccc(-c4cc5ccc4CCc4ccc(c(-c6ccc7[nH]c([C@@H]8C[C@@H]9CCCC[C@@H]9N8C(=O)[C@@H](NC(=O)OC)C(C)C)[n+](COC(=O)[C@@H](N)C(C)C)c7c6)c4)CC5)cc3n2COC(=O)[C@@H](N)C(C)C)C[C@@H]2CCCC[C@@H]21)C(C)C. The minimum atomic E-state index is -0.835. The van der Waals surface area contributed by atoms with Gasteiger partial charge in [0.05, 0.1) is 31.3 Å². The van der Waals surface area contributed by atoms with Crippen molar-refractivity contribution in [3.05, 3.63) is 107 Å². The molecule has 4 heterocycles. The Kier molecular flexibility index (Phi) is 19.8. The van der Waals surface area contributed by atoms with E-state index in [0.717, 1.165) is 127 Å². The first-order valence-corrected chi connectivity index (χ1v) is 33.6. The number of carbonyl (C=O) groups is 6. The van der Waals surface area contributed by atoms with Crippen LogP contribution in [0.5, 0.6) is 0 Å². The first kappa shape index (κ1) is 65.6. The van der Waals surface area contributed by atoms with Crippen molar-refractivity contribution in [3.63, 3.8) is 0 Å². The van der Waals surface area contributed by atoms with Crippen molar-refractivity contribution in [1.29, 1.82) is 0 Å². The molecular formula is C72H95N10O10+. The number of likely N-dealkylation sites (tertiary alicyclic amines) is 2. The number of imidazole rings is 2. The number of hydrogen-bond acceptors (Lipinski definition) is 13. The van der Waals surface area contributed by atoms with Crippen LogP contribution in [0, 0.1) is 35.5 Å². The van der Waals surface area contributed by atoms with Crippen LogP contribution in [0.1, 0.15) is 166 Å². The third-order valence-corrected chi connectivity index (χ3v) is 20.7. The Morgan fingerprint density at radius 3 is 1.63 bits per heavy atom. The van der Waals surface area contributed by atoms with Crippen LogP contribution in [0.2, 0.25) is 0 Å². The second-order valence-electron chi connectivity index (χ2n) is 27.9. The van der Waals surface area contributed by atoms with E-state index < -0.39 is 60.4 Å². The molecule has 10 atom stereocenters. The molecule has 2 aromatic heterocycles. The fourth-order valence-corrected chi connectivity index (χ4v) is 15.3. The first-order chi connectivity index (χ1) is 44.1. The number of alkyl carbamates (subject to hydrolysis) is 2. The maximum atomic E-state index is 15.0. The normalized spacial score (nSPS) is 21.8. The van der Waals surface area contributed by atoms with Crippen molar-refractivity contribution in [2.45, 2.75) is 207 Å². The van der Waals surface area contributed by atoms with Gasteiger partial charge in [0.2, 0.25) is 18.5 Å². The summed E-state index contributed by atoms with van der Waals surface area (Å²) >= 11 is 0. The average molecular weight is 1260 g/mol. The molecule has 7 N–H and O–H groups in total. The van der Waals surface area contributed by atoms with E-state index in [0.29, 0.717) is 24.2 Å². The lowest BCUT2D eigenvalue weighted by atomic mass is 9.84. The molecule has 2 unspecified atom stereocenters. The smallest absolute Gasteiger partial charge is 0.407 e. The van der Waals surface area contributed by atoms with Gasteiger partial charge >= 0.3 is 24.1 Å². The number of aromatic amines is 1. The number of esters is 2. The van der Waals surface area contributed by atoms with Crippen LogP contribution >= 0.6 is 0 Å². The van der Waals surface area contributed by atoms with Gasteiger partial charge in [-0.3, -0.25) is 23.7 Å². The monoisotopic (exact) mass is 1260 g/mol. The van der Waals surface area contributed by atoms with Gasteiger partial charge in [-0.1, -0.05) is 124 Å². The fourth-order valence-electron chi connectivity index (χ4n) is 15.3. The predicted octanol–water partition coefficient (Wildman–Crippen LogP) is 10.4. The van der Waals surface area contributed by atoms with E-state index in [-0.39, 0.29) is 72.9 Å². The summed E-state index contributed by atoms with van der Waals surface area (Å²) in [5.74, 6) is -0.262. The van der Waals surface area contributed by atoms with Crippen molar-refractivity contribution in [1.82, 2.24) is 35.0 Å². The van der Waals surface area contributed by atoms with Crippen molar-refractivity contribution < 1.29 is 52.3 Å². The largest absolute Gasteiger partial charge is 0.453 e. The number of H-pyrrole nitrogens is 1. The molecule has 20 nitrogen and oxygen atoms in total. The van der Waals surface area contributed by atoms with Gasteiger partial charge in [0.1, 0.15) is 36.0 Å². The second-order valence-corrected chi connectivity index (χ2v) is 27.9. The molecule has 6 aliphatic carbocycles. The number of methoxy groups -OCH3 is 2. The zero-order valence-corrected chi connectivity index (χ0v) is 55.3. The van der Waals surface area contributed by atoms with Crippen LogP contribution in [-0.2, 0) is 77.3 Å². The van der Waals surface area contributed by atoms with Gasteiger partial charge in [-0.05, 0) is 175 Å². The van der Waals surface area contributed by atoms with Gasteiger partial charge in [0, 0.05) is 12.1 Å². The summed E-state index contributed by atoms with van der Waals surface area (Å²) in [6.07, 6.45) is 10.8. The highest BCUT2D eigenvalue weighted by atomic mass is 16.6. The number of aromatic nitrogens is 4. The standard InChI is InChI=1S/C72H94N10O10/c1-39(2)61(73)69(85)91-37-79-57-33-47(27-29-53(57)75-65(79)59-35-49-15-11-13-17-55(49)81(59)67(83)63(41(5)6)77-71(87)89-9)51-31-43-19-23-45(51)25-21-44-20-24-46(26-22-43)52(32-44)48-28-30-54-58(34-48)80(38-92-70(86)62(74)40(3)4)66(76-54)60-36-50-16-12-14-18-56(50)82(60)68(84)64(42(7)8)78-72(88)90-10/h19-20,23-24,27-34,39-42,49-50,55-56,59-64H,11-18,21-22,25-26,35-38,73-74H2,1-10H3,(H2,77,78,87,88)/p+1/t49-,50-,55-,56-,59-,60?,61-,62-,63-,64?/m0/s1. The molecule has 2 saturated heterocycles. The average Bonchev–Trinajstić information content (AvgIpc) is 1.59. The number of nitrogens with two attached hydrogens (primary N) is 2. The Hall–Kier alpha value is -7.84. The Morgan fingerprint density at radius 1 is 0.598 bits per heavy atom. The number of amides is 4. The Balaban J connectivity index is 0.940. The molecule has 14 rings (SSSR count). The van der Waals surface area contributed by atoms with E-state index in [1.807, 2.05) is 80.4 Å². The molecule has 20 heteroatoms. The lowest BCUT2D eigenvalue weighted by Crippen LogP contribution is -2.55. The number of hydrogen-bond donors (Lipinski definition) is 5. The molecule has 6 aromatic rings. The van der Waals surface area contributed by atoms with Gasteiger partial charge < -0.3 is 50.8 Å². The molecule has 4 fully saturated rings. The fraction of sp³-hybridized carbons (Fsp3) is 0.556. The molecule has 2 aliphatic heterocycles. The van der Waals surface area contributed by atoms with Crippen LogP contribution in [0.4, 0.5) is 9.59 Å². The van der Waals surface area contributed by atoms with Gasteiger partial charge in [-0.2, -0.15) is 4.57 Å². The Bertz CT molecular complexity index is 3500.